The molecule has 0 saturated heterocycles. The van der Waals surface area contributed by atoms with E-state index in [1.807, 2.05) is 62.4 Å². The standard InChI is InChI=1S/C20H21N3O2/c1-4-25-17-9-10-18-19(12-17)22-14(2)11-20(18)23-21-13-15-5-7-16(24-3)8-6-15/h5-13H,4H2,1-3H3,(H,22,23)/b21-13+. The van der Waals surface area contributed by atoms with E-state index in [-0.39, 0.29) is 0 Å². The van der Waals surface area contributed by atoms with Crippen LogP contribution in [-0.2, 0) is 0 Å². The van der Waals surface area contributed by atoms with Gasteiger partial charge in [-0.05, 0) is 61.9 Å². The first kappa shape index (κ1) is 16.8. The number of benzene rings is 2. The van der Waals surface area contributed by atoms with Crippen LogP contribution >= 0.6 is 0 Å². The molecule has 0 saturated carbocycles. The molecule has 1 N–H and O–H groups in total. The molecule has 0 fully saturated rings. The van der Waals surface area contributed by atoms with Gasteiger partial charge in [-0.3, -0.25) is 10.4 Å². The first-order chi connectivity index (χ1) is 12.2. The lowest BCUT2D eigenvalue weighted by Crippen LogP contribution is -1.96. The zero-order valence-electron chi connectivity index (χ0n) is 14.6. The molecule has 0 atom stereocenters. The number of methoxy groups -OCH3 is 1. The van der Waals surface area contributed by atoms with Gasteiger partial charge in [0.25, 0.3) is 0 Å². The lowest BCUT2D eigenvalue weighted by atomic mass is 10.1. The highest BCUT2D eigenvalue weighted by atomic mass is 16.5. The molecule has 5 heteroatoms. The summed E-state index contributed by atoms with van der Waals surface area (Å²) in [6.07, 6.45) is 1.77. The van der Waals surface area contributed by atoms with Crippen LogP contribution in [0.25, 0.3) is 10.9 Å². The van der Waals surface area contributed by atoms with Crippen LogP contribution in [0.1, 0.15) is 18.2 Å². The van der Waals surface area contributed by atoms with E-state index in [1.165, 1.54) is 0 Å². The largest absolute Gasteiger partial charge is 0.497 e. The van der Waals surface area contributed by atoms with Crippen molar-refractivity contribution in [2.75, 3.05) is 19.1 Å². The number of hydrazone groups is 1. The maximum atomic E-state index is 5.55. The topological polar surface area (TPSA) is 55.7 Å². The molecule has 0 spiro atoms. The number of hydrogen-bond acceptors (Lipinski definition) is 5. The van der Waals surface area contributed by atoms with Crippen molar-refractivity contribution in [1.82, 2.24) is 4.98 Å². The second-order valence-electron chi connectivity index (χ2n) is 5.57. The summed E-state index contributed by atoms with van der Waals surface area (Å²) in [5.41, 5.74) is 6.82. The molecule has 1 heterocycles. The van der Waals surface area contributed by atoms with Gasteiger partial charge in [0.15, 0.2) is 0 Å². The van der Waals surface area contributed by atoms with Gasteiger partial charge in [0, 0.05) is 17.1 Å². The van der Waals surface area contributed by atoms with E-state index in [9.17, 15) is 0 Å². The Labute approximate surface area is 147 Å². The van der Waals surface area contributed by atoms with Crippen LogP contribution in [0.15, 0.2) is 53.6 Å². The minimum atomic E-state index is 0.634. The fraction of sp³-hybridized carbons (Fsp3) is 0.200. The number of anilines is 1. The summed E-state index contributed by atoms with van der Waals surface area (Å²) in [4.78, 5) is 4.58. The molecule has 0 aliphatic rings. The minimum Gasteiger partial charge on any atom is -0.497 e. The Bertz CT molecular complexity index is 889. The third-order valence-electron chi connectivity index (χ3n) is 3.73. The first-order valence-electron chi connectivity index (χ1n) is 8.17. The molecular weight excluding hydrogens is 314 g/mol. The van der Waals surface area contributed by atoms with E-state index < -0.39 is 0 Å². The van der Waals surface area contributed by atoms with Crippen molar-refractivity contribution in [2.45, 2.75) is 13.8 Å². The van der Waals surface area contributed by atoms with Gasteiger partial charge in [-0.15, -0.1) is 0 Å². The third-order valence-corrected chi connectivity index (χ3v) is 3.73. The molecular formula is C20H21N3O2. The van der Waals surface area contributed by atoms with Crippen LogP contribution in [0, 0.1) is 6.92 Å². The van der Waals surface area contributed by atoms with Gasteiger partial charge in [0.2, 0.25) is 0 Å². The quantitative estimate of drug-likeness (QED) is 0.536. The molecule has 25 heavy (non-hydrogen) atoms. The Kier molecular flexibility index (Phi) is 5.14. The number of aromatic nitrogens is 1. The van der Waals surface area contributed by atoms with Crippen LogP contribution in [0.2, 0.25) is 0 Å². The number of nitrogens with one attached hydrogen (secondary N) is 1. The second kappa shape index (κ2) is 7.66. The molecule has 1 aromatic heterocycles. The number of aryl methyl sites for hydroxylation is 1. The van der Waals surface area contributed by atoms with E-state index >= 15 is 0 Å². The Morgan fingerprint density at radius 3 is 2.56 bits per heavy atom. The van der Waals surface area contributed by atoms with Gasteiger partial charge >= 0.3 is 0 Å². The molecule has 0 bridgehead atoms. The van der Waals surface area contributed by atoms with Gasteiger partial charge in [0.1, 0.15) is 11.5 Å². The van der Waals surface area contributed by atoms with Crippen molar-refractivity contribution in [3.63, 3.8) is 0 Å². The van der Waals surface area contributed by atoms with Crippen LogP contribution in [0.5, 0.6) is 11.5 Å². The first-order valence-corrected chi connectivity index (χ1v) is 8.17. The molecule has 0 aliphatic heterocycles. The number of hydrogen-bond donors (Lipinski definition) is 1. The summed E-state index contributed by atoms with van der Waals surface area (Å²) in [6, 6.07) is 15.6. The average molecular weight is 335 g/mol. The van der Waals surface area contributed by atoms with Crippen molar-refractivity contribution in [1.29, 1.82) is 0 Å². The third kappa shape index (κ3) is 4.07. The van der Waals surface area contributed by atoms with Gasteiger partial charge in [-0.1, -0.05) is 0 Å². The monoisotopic (exact) mass is 335 g/mol. The summed E-state index contributed by atoms with van der Waals surface area (Å²) in [7, 11) is 1.65. The van der Waals surface area contributed by atoms with E-state index in [0.29, 0.717) is 6.61 Å². The molecule has 0 aliphatic carbocycles. The van der Waals surface area contributed by atoms with Crippen molar-refractivity contribution in [3.05, 3.63) is 59.8 Å². The van der Waals surface area contributed by atoms with Crippen molar-refractivity contribution >= 4 is 22.8 Å². The fourth-order valence-electron chi connectivity index (χ4n) is 2.56. The number of fused-ring (bicyclic) bond motifs is 1. The number of pyridine rings is 1. The maximum Gasteiger partial charge on any atom is 0.121 e. The molecule has 0 amide bonds. The SMILES string of the molecule is CCOc1ccc2c(N/N=C/c3ccc(OC)cc3)cc(C)nc2c1. The Balaban J connectivity index is 1.83. The predicted octanol–water partition coefficient (Wildman–Crippen LogP) is 4.40. The van der Waals surface area contributed by atoms with Crippen LogP contribution in [0.4, 0.5) is 5.69 Å². The maximum absolute atomic E-state index is 5.55. The summed E-state index contributed by atoms with van der Waals surface area (Å²) in [5, 5.41) is 5.34. The summed E-state index contributed by atoms with van der Waals surface area (Å²) in [6.45, 7) is 4.56. The molecule has 3 rings (SSSR count). The predicted molar refractivity (Wildman–Crippen MR) is 102 cm³/mol. The minimum absolute atomic E-state index is 0.634. The number of nitrogens with zero attached hydrogens (tertiary/aromatic N) is 2. The lowest BCUT2D eigenvalue weighted by molar-refractivity contribution is 0.340. The molecule has 0 unspecified atom stereocenters. The van der Waals surface area contributed by atoms with Gasteiger partial charge in [-0.2, -0.15) is 5.10 Å². The van der Waals surface area contributed by atoms with E-state index in [1.54, 1.807) is 13.3 Å². The molecule has 2 aromatic carbocycles. The lowest BCUT2D eigenvalue weighted by Gasteiger charge is -2.09. The molecule has 5 nitrogen and oxygen atoms in total. The normalized spacial score (nSPS) is 11.0. The van der Waals surface area contributed by atoms with Crippen molar-refractivity contribution in [2.24, 2.45) is 5.10 Å². The number of ether oxygens (including phenoxy) is 2. The highest BCUT2D eigenvalue weighted by Gasteiger charge is 2.05. The summed E-state index contributed by atoms with van der Waals surface area (Å²) >= 11 is 0. The summed E-state index contributed by atoms with van der Waals surface area (Å²) < 4.78 is 10.7. The van der Waals surface area contributed by atoms with Gasteiger partial charge in [-0.25, -0.2) is 0 Å². The zero-order chi connectivity index (χ0) is 17.6. The summed E-state index contributed by atoms with van der Waals surface area (Å²) in [5.74, 6) is 1.65. The fourth-order valence-corrected chi connectivity index (χ4v) is 2.56. The Morgan fingerprint density at radius 2 is 1.84 bits per heavy atom. The van der Waals surface area contributed by atoms with E-state index in [2.05, 4.69) is 15.5 Å². The van der Waals surface area contributed by atoms with Crippen LogP contribution in [0.3, 0.4) is 0 Å². The molecule has 3 aromatic rings. The highest BCUT2D eigenvalue weighted by molar-refractivity contribution is 5.92. The van der Waals surface area contributed by atoms with E-state index in [4.69, 9.17) is 9.47 Å². The van der Waals surface area contributed by atoms with Gasteiger partial charge in [0.05, 0.1) is 31.1 Å². The zero-order valence-corrected chi connectivity index (χ0v) is 14.6. The van der Waals surface area contributed by atoms with Crippen molar-refractivity contribution in [3.8, 4) is 11.5 Å². The second-order valence-corrected chi connectivity index (χ2v) is 5.57. The van der Waals surface area contributed by atoms with E-state index in [0.717, 1.165) is 39.3 Å². The average Bonchev–Trinajstić information content (AvgIpc) is 2.62. The van der Waals surface area contributed by atoms with Crippen LogP contribution in [-0.4, -0.2) is 24.9 Å². The Hall–Kier alpha value is -3.08. The van der Waals surface area contributed by atoms with Crippen LogP contribution < -0.4 is 14.9 Å². The molecule has 128 valence electrons. The van der Waals surface area contributed by atoms with Crippen molar-refractivity contribution < 1.29 is 9.47 Å². The highest BCUT2D eigenvalue weighted by Crippen LogP contribution is 2.27. The smallest absolute Gasteiger partial charge is 0.121 e. The molecule has 0 radical (unpaired) electrons. The van der Waals surface area contributed by atoms with Gasteiger partial charge < -0.3 is 9.47 Å². The Morgan fingerprint density at radius 1 is 1.08 bits per heavy atom. The number of rotatable bonds is 6.